The fourth-order valence-electron chi connectivity index (χ4n) is 3.26. The molecule has 0 aliphatic heterocycles. The van der Waals surface area contributed by atoms with E-state index in [-0.39, 0.29) is 24.0 Å². The van der Waals surface area contributed by atoms with Crippen LogP contribution in [-0.2, 0) is 4.74 Å². The monoisotopic (exact) mass is 375 g/mol. The van der Waals surface area contributed by atoms with Crippen LogP contribution in [-0.4, -0.2) is 28.3 Å². The Kier molecular flexibility index (Phi) is 5.66. The normalized spacial score (nSPS) is 20.1. The molecule has 1 aromatic heterocycles. The number of aromatic nitrogens is 1. The number of carbonyl (C=O) groups is 1. The number of rotatable bonds is 4. The van der Waals surface area contributed by atoms with Crippen molar-refractivity contribution in [3.05, 3.63) is 29.4 Å². The zero-order valence-corrected chi connectivity index (χ0v) is 15.9. The topological polar surface area (TPSA) is 97.5 Å². The SMILES string of the molecule is CC(C)OC(=O)N[C@H]1CC[C@H](c2ncc(-c3ccc(N)cc3O)s2)CC1. The first-order chi connectivity index (χ1) is 12.4. The number of anilines is 1. The summed E-state index contributed by atoms with van der Waals surface area (Å²) in [6.07, 6.45) is 5.17. The standard InChI is InChI=1S/C19H25N3O3S/c1-11(2)25-19(24)22-14-6-3-12(4-7-14)18-21-10-17(26-18)15-8-5-13(20)9-16(15)23/h5,8-12,14,23H,3-4,6-7,20H2,1-2H3,(H,22,24)/t12-,14-. The summed E-state index contributed by atoms with van der Waals surface area (Å²) >= 11 is 1.61. The highest BCUT2D eigenvalue weighted by molar-refractivity contribution is 7.15. The first kappa shape index (κ1) is 18.5. The molecular formula is C19H25N3O3S. The third kappa shape index (κ3) is 4.46. The molecule has 1 fully saturated rings. The van der Waals surface area contributed by atoms with Crippen molar-refractivity contribution in [3.63, 3.8) is 0 Å². The van der Waals surface area contributed by atoms with Crippen molar-refractivity contribution >= 4 is 23.1 Å². The van der Waals surface area contributed by atoms with Gasteiger partial charge in [0.15, 0.2) is 0 Å². The highest BCUT2D eigenvalue weighted by Crippen LogP contribution is 2.40. The lowest BCUT2D eigenvalue weighted by atomic mass is 9.86. The summed E-state index contributed by atoms with van der Waals surface area (Å²) in [7, 11) is 0. The number of ether oxygens (including phenoxy) is 1. The highest BCUT2D eigenvalue weighted by Gasteiger charge is 2.26. The summed E-state index contributed by atoms with van der Waals surface area (Å²) in [6, 6.07) is 5.32. The van der Waals surface area contributed by atoms with Crippen molar-refractivity contribution in [2.24, 2.45) is 0 Å². The van der Waals surface area contributed by atoms with Crippen molar-refractivity contribution in [2.75, 3.05) is 5.73 Å². The van der Waals surface area contributed by atoms with Gasteiger partial charge < -0.3 is 20.9 Å². The molecule has 0 unspecified atom stereocenters. The Morgan fingerprint density at radius 2 is 2.08 bits per heavy atom. The fourth-order valence-corrected chi connectivity index (χ4v) is 4.38. The number of phenols is 1. The molecule has 0 saturated heterocycles. The summed E-state index contributed by atoms with van der Waals surface area (Å²) in [5.74, 6) is 0.570. The number of nitrogen functional groups attached to an aromatic ring is 1. The van der Waals surface area contributed by atoms with E-state index in [0.717, 1.165) is 41.1 Å². The van der Waals surface area contributed by atoms with Crippen molar-refractivity contribution < 1.29 is 14.6 Å². The van der Waals surface area contributed by atoms with E-state index in [4.69, 9.17) is 10.5 Å². The zero-order chi connectivity index (χ0) is 18.7. The minimum absolute atomic E-state index is 0.107. The smallest absolute Gasteiger partial charge is 0.407 e. The first-order valence-corrected chi connectivity index (χ1v) is 9.75. The Bertz CT molecular complexity index is 767. The number of nitrogens with two attached hydrogens (primary N) is 1. The third-order valence-electron chi connectivity index (χ3n) is 4.55. The molecule has 7 heteroatoms. The van der Waals surface area contributed by atoms with Gasteiger partial charge in [-0.2, -0.15) is 0 Å². The summed E-state index contributed by atoms with van der Waals surface area (Å²) < 4.78 is 5.14. The van der Waals surface area contributed by atoms with E-state index in [1.165, 1.54) is 0 Å². The number of phenolic OH excluding ortho intramolecular Hbond substituents is 1. The molecule has 26 heavy (non-hydrogen) atoms. The third-order valence-corrected chi connectivity index (χ3v) is 5.75. The Hall–Kier alpha value is -2.28. The lowest BCUT2D eigenvalue weighted by Crippen LogP contribution is -2.38. The molecule has 1 heterocycles. The van der Waals surface area contributed by atoms with E-state index >= 15 is 0 Å². The number of carbonyl (C=O) groups excluding carboxylic acids is 1. The molecule has 1 aliphatic carbocycles. The second-order valence-electron chi connectivity index (χ2n) is 6.99. The van der Waals surface area contributed by atoms with Gasteiger partial charge in [0.25, 0.3) is 0 Å². The van der Waals surface area contributed by atoms with Crippen LogP contribution >= 0.6 is 11.3 Å². The fraction of sp³-hybridized carbons (Fsp3) is 0.474. The number of aromatic hydroxyl groups is 1. The van der Waals surface area contributed by atoms with Gasteiger partial charge in [0.2, 0.25) is 0 Å². The molecule has 0 bridgehead atoms. The summed E-state index contributed by atoms with van der Waals surface area (Å²) in [4.78, 5) is 17.2. The minimum Gasteiger partial charge on any atom is -0.507 e. The Balaban J connectivity index is 1.59. The maximum atomic E-state index is 11.7. The molecule has 2 aromatic rings. The second kappa shape index (κ2) is 7.95. The average molecular weight is 375 g/mol. The van der Waals surface area contributed by atoms with Gasteiger partial charge in [0.05, 0.1) is 16.0 Å². The average Bonchev–Trinajstić information content (AvgIpc) is 3.04. The van der Waals surface area contributed by atoms with E-state index in [1.54, 1.807) is 23.5 Å². The first-order valence-electron chi connectivity index (χ1n) is 8.94. The van der Waals surface area contributed by atoms with Gasteiger partial charge in [0, 0.05) is 35.5 Å². The molecule has 0 spiro atoms. The van der Waals surface area contributed by atoms with Crippen LogP contribution in [0.2, 0.25) is 0 Å². The number of nitrogens with zero attached hydrogens (tertiary/aromatic N) is 1. The lowest BCUT2D eigenvalue weighted by Gasteiger charge is -2.28. The van der Waals surface area contributed by atoms with Crippen molar-refractivity contribution in [2.45, 2.75) is 57.6 Å². The van der Waals surface area contributed by atoms with E-state index < -0.39 is 0 Å². The van der Waals surface area contributed by atoms with E-state index in [1.807, 2.05) is 26.1 Å². The molecule has 140 valence electrons. The molecule has 3 rings (SSSR count). The van der Waals surface area contributed by atoms with Gasteiger partial charge >= 0.3 is 6.09 Å². The minimum atomic E-state index is -0.334. The van der Waals surface area contributed by atoms with E-state index in [2.05, 4.69) is 10.3 Å². The summed E-state index contributed by atoms with van der Waals surface area (Å²) in [6.45, 7) is 3.69. The van der Waals surface area contributed by atoms with Crippen molar-refractivity contribution in [3.8, 4) is 16.2 Å². The molecule has 0 atom stereocenters. The van der Waals surface area contributed by atoms with Gasteiger partial charge in [0.1, 0.15) is 5.75 Å². The van der Waals surface area contributed by atoms with Crippen LogP contribution in [0.15, 0.2) is 24.4 Å². The maximum Gasteiger partial charge on any atom is 0.407 e. The molecule has 1 amide bonds. The lowest BCUT2D eigenvalue weighted by molar-refractivity contribution is 0.109. The van der Waals surface area contributed by atoms with Crippen LogP contribution in [0.4, 0.5) is 10.5 Å². The Morgan fingerprint density at radius 1 is 1.35 bits per heavy atom. The molecule has 0 radical (unpaired) electrons. The van der Waals surface area contributed by atoms with Gasteiger partial charge in [-0.1, -0.05) is 0 Å². The van der Waals surface area contributed by atoms with Crippen LogP contribution in [0.3, 0.4) is 0 Å². The number of alkyl carbamates (subject to hydrolysis) is 1. The zero-order valence-electron chi connectivity index (χ0n) is 15.1. The largest absolute Gasteiger partial charge is 0.507 e. The molecule has 1 aliphatic rings. The number of hydrogen-bond donors (Lipinski definition) is 3. The maximum absolute atomic E-state index is 11.7. The number of nitrogens with one attached hydrogen (secondary N) is 1. The predicted molar refractivity (Wildman–Crippen MR) is 103 cm³/mol. The molecular weight excluding hydrogens is 350 g/mol. The Labute approximate surface area is 157 Å². The van der Waals surface area contributed by atoms with Crippen LogP contribution in [0.25, 0.3) is 10.4 Å². The quantitative estimate of drug-likeness (QED) is 0.694. The summed E-state index contributed by atoms with van der Waals surface area (Å²) in [5, 5.41) is 14.1. The van der Waals surface area contributed by atoms with Crippen LogP contribution in [0, 0.1) is 0 Å². The van der Waals surface area contributed by atoms with Crippen LogP contribution in [0.5, 0.6) is 5.75 Å². The number of amides is 1. The van der Waals surface area contributed by atoms with Crippen molar-refractivity contribution in [1.82, 2.24) is 10.3 Å². The van der Waals surface area contributed by atoms with E-state index in [0.29, 0.717) is 11.6 Å². The van der Waals surface area contributed by atoms with Gasteiger partial charge in [-0.05, 0) is 51.7 Å². The molecule has 4 N–H and O–H groups in total. The molecule has 1 saturated carbocycles. The predicted octanol–water partition coefficient (Wildman–Crippen LogP) is 4.26. The summed E-state index contributed by atoms with van der Waals surface area (Å²) in [5.41, 5.74) is 6.99. The molecule has 1 aromatic carbocycles. The highest BCUT2D eigenvalue weighted by atomic mass is 32.1. The van der Waals surface area contributed by atoms with E-state index in [9.17, 15) is 9.90 Å². The van der Waals surface area contributed by atoms with Crippen LogP contribution in [0.1, 0.15) is 50.5 Å². The number of hydrogen-bond acceptors (Lipinski definition) is 6. The second-order valence-corrected chi connectivity index (χ2v) is 8.05. The van der Waals surface area contributed by atoms with Gasteiger partial charge in [-0.15, -0.1) is 11.3 Å². The molecule has 6 nitrogen and oxygen atoms in total. The Morgan fingerprint density at radius 3 is 2.73 bits per heavy atom. The van der Waals surface area contributed by atoms with Gasteiger partial charge in [-0.25, -0.2) is 9.78 Å². The number of benzene rings is 1. The van der Waals surface area contributed by atoms with Crippen molar-refractivity contribution in [1.29, 1.82) is 0 Å². The van der Waals surface area contributed by atoms with Crippen LogP contribution < -0.4 is 11.1 Å². The van der Waals surface area contributed by atoms with Gasteiger partial charge in [-0.3, -0.25) is 0 Å². The number of thiazole rings is 1.